The minimum absolute atomic E-state index is 0. The van der Waals surface area contributed by atoms with E-state index in [1.165, 1.54) is 7.11 Å². The van der Waals surface area contributed by atoms with Crippen molar-refractivity contribution in [3.63, 3.8) is 0 Å². The van der Waals surface area contributed by atoms with Gasteiger partial charge in [-0.05, 0) is 36.8 Å². The third-order valence-electron chi connectivity index (χ3n) is 4.39. The molecule has 0 aromatic carbocycles. The molecule has 1 aliphatic heterocycles. The van der Waals surface area contributed by atoms with Gasteiger partial charge in [-0.2, -0.15) is 0 Å². The standard InChI is InChI=1S/C14H19N3O2.ClH/c1-19-13-10(3-2-6-16-13)14(18)17-7-9-4-5-12(15)11(9)8-17;/h2-3,6,9,11-12H,4-5,7-8,15H2,1H3;1H. The molecule has 1 saturated carbocycles. The predicted octanol–water partition coefficient (Wildman–Crippen LogP) is 1.32. The molecule has 1 amide bonds. The lowest BCUT2D eigenvalue weighted by atomic mass is 9.98. The Hall–Kier alpha value is -1.33. The lowest BCUT2D eigenvalue weighted by Gasteiger charge is -2.19. The van der Waals surface area contributed by atoms with E-state index in [-0.39, 0.29) is 24.4 Å². The molecule has 2 aliphatic rings. The number of amides is 1. The third-order valence-corrected chi connectivity index (χ3v) is 4.39. The van der Waals surface area contributed by atoms with Gasteiger partial charge in [0.15, 0.2) is 0 Å². The first-order valence-electron chi connectivity index (χ1n) is 6.74. The number of rotatable bonds is 2. The van der Waals surface area contributed by atoms with Gasteiger partial charge in [-0.15, -0.1) is 12.4 Å². The van der Waals surface area contributed by atoms with Crippen molar-refractivity contribution in [1.82, 2.24) is 9.88 Å². The topological polar surface area (TPSA) is 68.5 Å². The van der Waals surface area contributed by atoms with Gasteiger partial charge in [-0.25, -0.2) is 4.98 Å². The molecule has 0 bridgehead atoms. The van der Waals surface area contributed by atoms with Crippen molar-refractivity contribution < 1.29 is 9.53 Å². The van der Waals surface area contributed by atoms with Crippen LogP contribution in [0.5, 0.6) is 5.88 Å². The van der Waals surface area contributed by atoms with Crippen LogP contribution in [0.1, 0.15) is 23.2 Å². The highest BCUT2D eigenvalue weighted by Crippen LogP contribution is 2.37. The summed E-state index contributed by atoms with van der Waals surface area (Å²) < 4.78 is 5.16. The van der Waals surface area contributed by atoms with Crippen molar-refractivity contribution in [1.29, 1.82) is 0 Å². The van der Waals surface area contributed by atoms with Crippen LogP contribution in [0.25, 0.3) is 0 Å². The lowest BCUT2D eigenvalue weighted by Crippen LogP contribution is -2.33. The lowest BCUT2D eigenvalue weighted by molar-refractivity contribution is 0.0775. The Morgan fingerprint density at radius 3 is 2.95 bits per heavy atom. The first kappa shape index (κ1) is 15.1. The van der Waals surface area contributed by atoms with E-state index in [1.54, 1.807) is 18.3 Å². The Balaban J connectivity index is 0.00000147. The van der Waals surface area contributed by atoms with E-state index in [9.17, 15) is 4.79 Å². The molecule has 3 unspecified atom stereocenters. The molecule has 0 spiro atoms. The number of nitrogens with two attached hydrogens (primary N) is 1. The van der Waals surface area contributed by atoms with Crippen molar-refractivity contribution in [3.05, 3.63) is 23.9 Å². The molecule has 1 aromatic heterocycles. The van der Waals surface area contributed by atoms with Crippen molar-refractivity contribution in [2.75, 3.05) is 20.2 Å². The van der Waals surface area contributed by atoms with Gasteiger partial charge in [0.2, 0.25) is 5.88 Å². The smallest absolute Gasteiger partial charge is 0.259 e. The Labute approximate surface area is 124 Å². The zero-order valence-corrected chi connectivity index (χ0v) is 12.3. The Morgan fingerprint density at radius 1 is 1.45 bits per heavy atom. The molecular formula is C14H20ClN3O2. The van der Waals surface area contributed by atoms with E-state index in [2.05, 4.69) is 4.98 Å². The van der Waals surface area contributed by atoms with Crippen molar-refractivity contribution in [2.45, 2.75) is 18.9 Å². The Kier molecular flexibility index (Phi) is 4.50. The van der Waals surface area contributed by atoms with Crippen LogP contribution in [0.3, 0.4) is 0 Å². The van der Waals surface area contributed by atoms with Gasteiger partial charge in [0.25, 0.3) is 5.91 Å². The largest absolute Gasteiger partial charge is 0.480 e. The minimum atomic E-state index is 0. The van der Waals surface area contributed by atoms with Crippen LogP contribution in [0.2, 0.25) is 0 Å². The number of aromatic nitrogens is 1. The Bertz CT molecular complexity index is 497. The van der Waals surface area contributed by atoms with Crippen LogP contribution >= 0.6 is 12.4 Å². The maximum Gasteiger partial charge on any atom is 0.259 e. The number of halogens is 1. The summed E-state index contributed by atoms with van der Waals surface area (Å²) in [6.07, 6.45) is 3.86. The van der Waals surface area contributed by atoms with Crippen LogP contribution in [0.15, 0.2) is 18.3 Å². The highest BCUT2D eigenvalue weighted by molar-refractivity contribution is 5.96. The van der Waals surface area contributed by atoms with E-state index in [0.29, 0.717) is 23.3 Å². The highest BCUT2D eigenvalue weighted by Gasteiger charge is 2.42. The average molecular weight is 298 g/mol. The van der Waals surface area contributed by atoms with Crippen molar-refractivity contribution in [3.8, 4) is 5.88 Å². The second-order valence-electron chi connectivity index (χ2n) is 5.44. The van der Waals surface area contributed by atoms with Crippen LogP contribution < -0.4 is 10.5 Å². The zero-order valence-electron chi connectivity index (χ0n) is 11.5. The molecule has 2 fully saturated rings. The van der Waals surface area contributed by atoms with Gasteiger partial charge in [0, 0.05) is 25.3 Å². The number of nitrogens with zero attached hydrogens (tertiary/aromatic N) is 2. The fraction of sp³-hybridized carbons (Fsp3) is 0.571. The molecule has 2 N–H and O–H groups in total. The summed E-state index contributed by atoms with van der Waals surface area (Å²) in [7, 11) is 1.54. The summed E-state index contributed by atoms with van der Waals surface area (Å²) in [5.41, 5.74) is 6.64. The molecule has 3 rings (SSSR count). The molecule has 0 radical (unpaired) electrons. The summed E-state index contributed by atoms with van der Waals surface area (Å²) >= 11 is 0. The fourth-order valence-electron chi connectivity index (χ4n) is 3.36. The maximum absolute atomic E-state index is 12.5. The zero-order chi connectivity index (χ0) is 13.4. The van der Waals surface area contributed by atoms with E-state index >= 15 is 0 Å². The van der Waals surface area contributed by atoms with E-state index in [0.717, 1.165) is 25.9 Å². The molecule has 6 heteroatoms. The van der Waals surface area contributed by atoms with Gasteiger partial charge >= 0.3 is 0 Å². The Morgan fingerprint density at radius 2 is 2.25 bits per heavy atom. The number of ether oxygens (including phenoxy) is 1. The summed E-state index contributed by atoms with van der Waals surface area (Å²) in [5.74, 6) is 1.44. The minimum Gasteiger partial charge on any atom is -0.480 e. The third kappa shape index (κ3) is 2.47. The van der Waals surface area contributed by atoms with E-state index < -0.39 is 0 Å². The number of pyridine rings is 1. The molecule has 1 aliphatic carbocycles. The second kappa shape index (κ2) is 5.97. The molecule has 1 saturated heterocycles. The van der Waals surface area contributed by atoms with Crippen LogP contribution in [-0.4, -0.2) is 42.0 Å². The fourth-order valence-corrected chi connectivity index (χ4v) is 3.36. The first-order valence-corrected chi connectivity index (χ1v) is 6.74. The van der Waals surface area contributed by atoms with Gasteiger partial charge in [-0.3, -0.25) is 4.79 Å². The SMILES string of the molecule is COc1ncccc1C(=O)N1CC2CCC(N)C2C1.Cl. The number of likely N-dealkylation sites (tertiary alicyclic amines) is 1. The number of carbonyl (C=O) groups excluding carboxylic acids is 1. The molecule has 110 valence electrons. The van der Waals surface area contributed by atoms with Crippen molar-refractivity contribution in [2.24, 2.45) is 17.6 Å². The van der Waals surface area contributed by atoms with Gasteiger partial charge in [0.1, 0.15) is 5.56 Å². The highest BCUT2D eigenvalue weighted by atomic mass is 35.5. The summed E-state index contributed by atoms with van der Waals surface area (Å²) in [6, 6.07) is 3.78. The van der Waals surface area contributed by atoms with Gasteiger partial charge in [-0.1, -0.05) is 0 Å². The normalized spacial score (nSPS) is 27.9. The summed E-state index contributed by atoms with van der Waals surface area (Å²) in [6.45, 7) is 1.58. The molecule has 5 nitrogen and oxygen atoms in total. The molecule has 1 aromatic rings. The maximum atomic E-state index is 12.5. The van der Waals surface area contributed by atoms with E-state index in [1.807, 2.05) is 4.90 Å². The number of hydrogen-bond donors (Lipinski definition) is 1. The van der Waals surface area contributed by atoms with Gasteiger partial charge in [0.05, 0.1) is 7.11 Å². The quantitative estimate of drug-likeness (QED) is 0.894. The van der Waals surface area contributed by atoms with Gasteiger partial charge < -0.3 is 15.4 Å². The van der Waals surface area contributed by atoms with Crippen molar-refractivity contribution >= 4 is 18.3 Å². The average Bonchev–Trinajstić information content (AvgIpc) is 3.00. The number of methoxy groups -OCH3 is 1. The number of fused-ring (bicyclic) bond motifs is 1. The summed E-state index contributed by atoms with van der Waals surface area (Å²) in [4.78, 5) is 18.5. The summed E-state index contributed by atoms with van der Waals surface area (Å²) in [5, 5.41) is 0. The second-order valence-corrected chi connectivity index (χ2v) is 5.44. The monoisotopic (exact) mass is 297 g/mol. The molecule has 3 atom stereocenters. The molecule has 20 heavy (non-hydrogen) atoms. The van der Waals surface area contributed by atoms with Crippen LogP contribution in [0, 0.1) is 11.8 Å². The predicted molar refractivity (Wildman–Crippen MR) is 78.1 cm³/mol. The molecular weight excluding hydrogens is 278 g/mol. The van der Waals surface area contributed by atoms with E-state index in [4.69, 9.17) is 10.5 Å². The van der Waals surface area contributed by atoms with Crippen LogP contribution in [0.4, 0.5) is 0 Å². The van der Waals surface area contributed by atoms with Crippen LogP contribution in [-0.2, 0) is 0 Å². The number of carbonyl (C=O) groups is 1. The number of hydrogen-bond acceptors (Lipinski definition) is 4. The molecule has 2 heterocycles. The first-order chi connectivity index (χ1) is 9.20.